The number of ether oxygens (including phenoxy) is 1. The molecular weight excluding hydrogens is 426 g/mol. The van der Waals surface area contributed by atoms with E-state index in [0.29, 0.717) is 24.1 Å². The van der Waals surface area contributed by atoms with E-state index in [1.165, 1.54) is 18.4 Å². The summed E-state index contributed by atoms with van der Waals surface area (Å²) in [4.78, 5) is 22.5. The van der Waals surface area contributed by atoms with Crippen LogP contribution in [0, 0.1) is 5.92 Å². The molecule has 170 valence electrons. The van der Waals surface area contributed by atoms with Crippen LogP contribution in [0.15, 0.2) is 73.1 Å². The number of amides is 1. The highest BCUT2D eigenvalue weighted by Gasteiger charge is 2.27. The van der Waals surface area contributed by atoms with Crippen LogP contribution >= 0.6 is 0 Å². The van der Waals surface area contributed by atoms with Crippen molar-refractivity contribution in [3.05, 3.63) is 84.3 Å². The minimum absolute atomic E-state index is 0.184. The lowest BCUT2D eigenvalue weighted by Gasteiger charge is -2.11. The number of carbonyl (C=O) groups excluding carboxylic acids is 1. The zero-order valence-electron chi connectivity index (χ0n) is 18.9. The summed E-state index contributed by atoms with van der Waals surface area (Å²) in [6.07, 6.45) is 5.91. The van der Waals surface area contributed by atoms with Gasteiger partial charge in [0.05, 0.1) is 23.7 Å². The molecule has 1 aliphatic carbocycles. The molecule has 34 heavy (non-hydrogen) atoms. The number of benzene rings is 2. The van der Waals surface area contributed by atoms with Gasteiger partial charge in [0.15, 0.2) is 0 Å². The highest BCUT2D eigenvalue weighted by Crippen LogP contribution is 2.38. The van der Waals surface area contributed by atoms with Crippen LogP contribution in [0.25, 0.3) is 27.9 Å². The molecule has 6 rings (SSSR count). The van der Waals surface area contributed by atoms with Crippen molar-refractivity contribution in [1.82, 2.24) is 24.4 Å². The van der Waals surface area contributed by atoms with E-state index >= 15 is 0 Å². The van der Waals surface area contributed by atoms with Gasteiger partial charge in [-0.2, -0.15) is 0 Å². The Balaban J connectivity index is 1.49. The average Bonchev–Trinajstić information content (AvgIpc) is 3.55. The van der Waals surface area contributed by atoms with Crippen LogP contribution in [0.3, 0.4) is 0 Å². The molecule has 0 spiro atoms. The number of hydrogen-bond acceptors (Lipinski definition) is 4. The molecule has 1 N–H and O–H groups in total. The molecule has 1 saturated carbocycles. The summed E-state index contributed by atoms with van der Waals surface area (Å²) in [5.74, 6) is 1.74. The number of fused-ring (bicyclic) bond motifs is 3. The van der Waals surface area contributed by atoms with E-state index in [2.05, 4.69) is 38.1 Å². The molecule has 0 atom stereocenters. The lowest BCUT2D eigenvalue weighted by Crippen LogP contribution is -2.25. The van der Waals surface area contributed by atoms with Crippen molar-refractivity contribution in [3.8, 4) is 11.7 Å². The summed E-state index contributed by atoms with van der Waals surface area (Å²) in [5, 5.41) is 4.16. The summed E-state index contributed by atoms with van der Waals surface area (Å²) in [7, 11) is 1.63. The number of aromatic nitrogens is 4. The summed E-state index contributed by atoms with van der Waals surface area (Å²) in [5.41, 5.74) is 4.60. The quantitative estimate of drug-likeness (QED) is 0.388. The fourth-order valence-corrected chi connectivity index (χ4v) is 4.65. The van der Waals surface area contributed by atoms with Crippen molar-refractivity contribution in [3.63, 3.8) is 0 Å². The lowest BCUT2D eigenvalue weighted by molar-refractivity contribution is 0.0944. The standard InChI is InChI=1S/C27H25N5O2/c1-34-24-10-5-2-7-19(24)16-30-26(33)23-15-22-25(32(23)27-28-13-6-14-29-27)20-8-3-4-9-21(20)31(22)17-18-11-12-18/h2-10,13-15,18H,11-12,16-17H2,1H3,(H,30,33). The number of rotatable bonds is 7. The van der Waals surface area contributed by atoms with Crippen molar-refractivity contribution in [2.45, 2.75) is 25.9 Å². The molecular formula is C27H25N5O2. The Bertz CT molecular complexity index is 1500. The molecule has 7 nitrogen and oxygen atoms in total. The van der Waals surface area contributed by atoms with Crippen LogP contribution in [0.4, 0.5) is 0 Å². The Morgan fingerprint density at radius 3 is 2.59 bits per heavy atom. The minimum atomic E-state index is -0.184. The zero-order chi connectivity index (χ0) is 23.1. The molecule has 0 saturated heterocycles. The second kappa shape index (κ2) is 8.33. The molecule has 1 aliphatic rings. The van der Waals surface area contributed by atoms with Gasteiger partial charge in [-0.15, -0.1) is 0 Å². The smallest absolute Gasteiger partial charge is 0.268 e. The predicted molar refractivity (Wildman–Crippen MR) is 131 cm³/mol. The number of nitrogens with one attached hydrogen (secondary N) is 1. The molecule has 1 amide bonds. The Morgan fingerprint density at radius 1 is 1.03 bits per heavy atom. The molecule has 3 aromatic heterocycles. The number of carbonyl (C=O) groups is 1. The maximum atomic E-state index is 13.5. The normalized spacial score (nSPS) is 13.4. The van der Waals surface area contributed by atoms with E-state index in [1.54, 1.807) is 25.6 Å². The topological polar surface area (TPSA) is 74.0 Å². The van der Waals surface area contributed by atoms with Crippen LogP contribution in [0.2, 0.25) is 0 Å². The van der Waals surface area contributed by atoms with Gasteiger partial charge in [-0.05, 0) is 43.0 Å². The van der Waals surface area contributed by atoms with Crippen molar-refractivity contribution < 1.29 is 9.53 Å². The van der Waals surface area contributed by atoms with Crippen LogP contribution in [0.1, 0.15) is 28.9 Å². The lowest BCUT2D eigenvalue weighted by atomic mass is 10.2. The van der Waals surface area contributed by atoms with Gasteiger partial charge in [0.25, 0.3) is 5.91 Å². The summed E-state index contributed by atoms with van der Waals surface area (Å²) in [6, 6.07) is 19.8. The van der Waals surface area contributed by atoms with Gasteiger partial charge in [-0.1, -0.05) is 36.4 Å². The van der Waals surface area contributed by atoms with Crippen LogP contribution < -0.4 is 10.1 Å². The Morgan fingerprint density at radius 2 is 1.79 bits per heavy atom. The van der Waals surface area contributed by atoms with Crippen molar-refractivity contribution >= 4 is 27.8 Å². The van der Waals surface area contributed by atoms with Gasteiger partial charge in [-0.25, -0.2) is 9.97 Å². The molecule has 2 aromatic carbocycles. The van der Waals surface area contributed by atoms with Crippen LogP contribution in [-0.4, -0.2) is 32.1 Å². The molecule has 0 bridgehead atoms. The Kier molecular flexibility index (Phi) is 5.02. The third-order valence-electron chi connectivity index (χ3n) is 6.48. The van der Waals surface area contributed by atoms with E-state index < -0.39 is 0 Å². The third kappa shape index (κ3) is 3.50. The van der Waals surface area contributed by atoms with Crippen LogP contribution in [0.5, 0.6) is 5.75 Å². The van der Waals surface area contributed by atoms with Gasteiger partial charge in [0.2, 0.25) is 5.95 Å². The molecule has 1 fully saturated rings. The summed E-state index contributed by atoms with van der Waals surface area (Å²) >= 11 is 0. The van der Waals surface area contributed by atoms with Gasteiger partial charge in [0, 0.05) is 36.4 Å². The first-order valence-electron chi connectivity index (χ1n) is 11.5. The van der Waals surface area contributed by atoms with Crippen LogP contribution in [-0.2, 0) is 13.1 Å². The van der Waals surface area contributed by atoms with Crippen molar-refractivity contribution in [2.24, 2.45) is 5.92 Å². The maximum absolute atomic E-state index is 13.5. The monoisotopic (exact) mass is 451 g/mol. The van der Waals surface area contributed by atoms with E-state index in [4.69, 9.17) is 4.74 Å². The van der Waals surface area contributed by atoms with Gasteiger partial charge >= 0.3 is 0 Å². The van der Waals surface area contributed by atoms with Gasteiger partial charge in [0.1, 0.15) is 11.4 Å². The predicted octanol–water partition coefficient (Wildman–Crippen LogP) is 4.72. The molecule has 3 heterocycles. The van der Waals surface area contributed by atoms with Crippen molar-refractivity contribution in [1.29, 1.82) is 0 Å². The molecule has 0 unspecified atom stereocenters. The average molecular weight is 452 g/mol. The molecule has 0 aliphatic heterocycles. The molecule has 7 heteroatoms. The number of nitrogens with zero attached hydrogens (tertiary/aromatic N) is 4. The minimum Gasteiger partial charge on any atom is -0.496 e. The first-order valence-corrected chi connectivity index (χ1v) is 11.5. The van der Waals surface area contributed by atoms with E-state index in [1.807, 2.05) is 41.0 Å². The van der Waals surface area contributed by atoms with Gasteiger partial charge < -0.3 is 14.6 Å². The van der Waals surface area contributed by atoms with E-state index in [9.17, 15) is 4.79 Å². The zero-order valence-corrected chi connectivity index (χ0v) is 18.9. The second-order valence-electron chi connectivity index (χ2n) is 8.71. The van der Waals surface area contributed by atoms with Gasteiger partial charge in [-0.3, -0.25) is 9.36 Å². The first kappa shape index (κ1) is 20.5. The Hall–Kier alpha value is -4.13. The third-order valence-corrected chi connectivity index (χ3v) is 6.48. The fraction of sp³-hybridized carbons (Fsp3) is 0.222. The highest BCUT2D eigenvalue weighted by molar-refractivity contribution is 6.11. The largest absolute Gasteiger partial charge is 0.496 e. The summed E-state index contributed by atoms with van der Waals surface area (Å²) < 4.78 is 9.67. The highest BCUT2D eigenvalue weighted by atomic mass is 16.5. The molecule has 0 radical (unpaired) electrons. The van der Waals surface area contributed by atoms with E-state index in [-0.39, 0.29) is 5.91 Å². The SMILES string of the molecule is COc1ccccc1CNC(=O)c1cc2c(c3ccccc3n2CC2CC2)n1-c1ncccn1. The fourth-order valence-electron chi connectivity index (χ4n) is 4.65. The number of para-hydroxylation sites is 2. The summed E-state index contributed by atoms with van der Waals surface area (Å²) in [6.45, 7) is 1.31. The van der Waals surface area contributed by atoms with Crippen molar-refractivity contribution in [2.75, 3.05) is 7.11 Å². The number of hydrogen-bond donors (Lipinski definition) is 1. The Labute approximate surface area is 197 Å². The number of methoxy groups -OCH3 is 1. The molecule has 5 aromatic rings. The van der Waals surface area contributed by atoms with E-state index in [0.717, 1.165) is 34.3 Å². The first-order chi connectivity index (χ1) is 16.7. The maximum Gasteiger partial charge on any atom is 0.268 e. The second-order valence-corrected chi connectivity index (χ2v) is 8.71.